The summed E-state index contributed by atoms with van der Waals surface area (Å²) in [6.07, 6.45) is 0.899. The highest BCUT2D eigenvalue weighted by Crippen LogP contribution is 2.42. The Kier molecular flexibility index (Phi) is 7.70. The molecular formula is C26H28F3N5O4. The monoisotopic (exact) mass is 531 g/mol. The van der Waals surface area contributed by atoms with E-state index in [0.717, 1.165) is 5.69 Å². The fourth-order valence-electron chi connectivity index (χ4n) is 4.78. The lowest BCUT2D eigenvalue weighted by Crippen LogP contribution is -2.46. The fraction of sp³-hybridized carbons (Fsp3) is 0.385. The molecule has 202 valence electrons. The van der Waals surface area contributed by atoms with Crippen LogP contribution in [0.25, 0.3) is 11.3 Å². The number of nitrogens with one attached hydrogen (secondary N) is 3. The van der Waals surface area contributed by atoms with Crippen molar-refractivity contribution in [2.75, 3.05) is 51.8 Å². The molecule has 3 N–H and O–H groups in total. The second-order valence-corrected chi connectivity index (χ2v) is 9.01. The van der Waals surface area contributed by atoms with Gasteiger partial charge in [0.05, 0.1) is 49.1 Å². The number of benzene rings is 1. The fourth-order valence-corrected chi connectivity index (χ4v) is 4.78. The molecule has 1 unspecified atom stereocenters. The number of morpholine rings is 1. The quantitative estimate of drug-likeness (QED) is 0.388. The zero-order valence-corrected chi connectivity index (χ0v) is 20.7. The zero-order valence-electron chi connectivity index (χ0n) is 20.7. The van der Waals surface area contributed by atoms with E-state index in [9.17, 15) is 18.0 Å². The summed E-state index contributed by atoms with van der Waals surface area (Å²) in [4.78, 5) is 22.1. The van der Waals surface area contributed by atoms with Crippen LogP contribution in [0, 0.1) is 5.82 Å². The van der Waals surface area contributed by atoms with Gasteiger partial charge >= 0.3 is 0 Å². The lowest BCUT2D eigenvalue weighted by Gasteiger charge is -2.32. The SMILES string of the molecule is COc1c(F)cccc1Nc1c(-c2ccncc2OCC2CN(CC(F)F)CCO2)[nH]c2c1C(=O)NCC2. The van der Waals surface area contributed by atoms with Crippen molar-refractivity contribution in [3.05, 3.63) is 53.7 Å². The molecule has 9 nitrogen and oxygen atoms in total. The van der Waals surface area contributed by atoms with Crippen molar-refractivity contribution in [2.45, 2.75) is 19.0 Å². The Morgan fingerprint density at radius 3 is 3.00 bits per heavy atom. The van der Waals surface area contributed by atoms with E-state index in [1.807, 2.05) is 0 Å². The number of halogens is 3. The maximum Gasteiger partial charge on any atom is 0.255 e. The summed E-state index contributed by atoms with van der Waals surface area (Å²) in [5.74, 6) is -0.388. The Labute approximate surface area is 217 Å². The van der Waals surface area contributed by atoms with Gasteiger partial charge in [0.25, 0.3) is 12.3 Å². The molecule has 0 saturated carbocycles. The molecule has 1 fully saturated rings. The number of aromatic nitrogens is 2. The summed E-state index contributed by atoms with van der Waals surface area (Å²) in [6, 6.07) is 6.22. The van der Waals surface area contributed by atoms with Crippen molar-refractivity contribution in [3.63, 3.8) is 0 Å². The molecule has 38 heavy (non-hydrogen) atoms. The Morgan fingerprint density at radius 1 is 1.32 bits per heavy atom. The lowest BCUT2D eigenvalue weighted by atomic mass is 10.0. The normalized spacial score (nSPS) is 17.7. The van der Waals surface area contributed by atoms with Gasteiger partial charge in [0.2, 0.25) is 0 Å². The molecule has 4 heterocycles. The van der Waals surface area contributed by atoms with Gasteiger partial charge in [-0.2, -0.15) is 0 Å². The Bertz CT molecular complexity index is 1300. The number of carbonyl (C=O) groups is 1. The summed E-state index contributed by atoms with van der Waals surface area (Å²) in [7, 11) is 1.37. The molecule has 1 aromatic carbocycles. The van der Waals surface area contributed by atoms with E-state index < -0.39 is 18.3 Å². The number of alkyl halides is 2. The van der Waals surface area contributed by atoms with Gasteiger partial charge < -0.3 is 29.8 Å². The molecule has 0 radical (unpaired) electrons. The first-order valence-corrected chi connectivity index (χ1v) is 12.3. The van der Waals surface area contributed by atoms with Gasteiger partial charge in [-0.25, -0.2) is 13.2 Å². The smallest absolute Gasteiger partial charge is 0.255 e. The molecule has 3 aromatic rings. The van der Waals surface area contributed by atoms with Gasteiger partial charge in [-0.1, -0.05) is 6.07 Å². The maximum absolute atomic E-state index is 14.4. The van der Waals surface area contributed by atoms with Crippen LogP contribution in [0.5, 0.6) is 11.5 Å². The van der Waals surface area contributed by atoms with Crippen LogP contribution in [0.3, 0.4) is 0 Å². The van der Waals surface area contributed by atoms with E-state index in [1.165, 1.54) is 13.2 Å². The van der Waals surface area contributed by atoms with E-state index in [4.69, 9.17) is 14.2 Å². The molecule has 1 atom stereocenters. The summed E-state index contributed by atoms with van der Waals surface area (Å²) >= 11 is 0. The number of fused-ring (bicyclic) bond motifs is 1. The number of amides is 1. The van der Waals surface area contributed by atoms with Gasteiger partial charge in [0, 0.05) is 43.5 Å². The van der Waals surface area contributed by atoms with Crippen LogP contribution in [0.2, 0.25) is 0 Å². The van der Waals surface area contributed by atoms with Crippen LogP contribution in [0.15, 0.2) is 36.7 Å². The molecule has 0 bridgehead atoms. The predicted octanol–water partition coefficient (Wildman–Crippen LogP) is 3.60. The summed E-state index contributed by atoms with van der Waals surface area (Å²) in [5.41, 5.74) is 3.09. The third-order valence-electron chi connectivity index (χ3n) is 6.49. The van der Waals surface area contributed by atoms with Gasteiger partial charge in [0.15, 0.2) is 11.6 Å². The number of pyridine rings is 1. The Balaban J connectivity index is 1.47. The third-order valence-corrected chi connectivity index (χ3v) is 6.49. The maximum atomic E-state index is 14.4. The van der Waals surface area contributed by atoms with Crippen molar-refractivity contribution >= 4 is 17.3 Å². The van der Waals surface area contributed by atoms with Gasteiger partial charge in [-0.15, -0.1) is 0 Å². The number of methoxy groups -OCH3 is 1. The number of hydrogen-bond donors (Lipinski definition) is 3. The Hall–Kier alpha value is -3.77. The molecule has 2 aliphatic heterocycles. The van der Waals surface area contributed by atoms with Gasteiger partial charge in [-0.05, 0) is 18.2 Å². The molecule has 5 rings (SSSR count). The first kappa shape index (κ1) is 25.9. The van der Waals surface area contributed by atoms with Crippen molar-refractivity contribution in [3.8, 4) is 22.8 Å². The van der Waals surface area contributed by atoms with Gasteiger partial charge in [-0.3, -0.25) is 14.7 Å². The highest BCUT2D eigenvalue weighted by molar-refractivity contribution is 6.06. The van der Waals surface area contributed by atoms with E-state index in [1.54, 1.807) is 35.5 Å². The molecule has 12 heteroatoms. The van der Waals surface area contributed by atoms with Crippen LogP contribution in [0.1, 0.15) is 16.1 Å². The second kappa shape index (κ2) is 11.3. The zero-order chi connectivity index (χ0) is 26.6. The van der Waals surface area contributed by atoms with E-state index in [2.05, 4.69) is 20.6 Å². The predicted molar refractivity (Wildman–Crippen MR) is 134 cm³/mol. The van der Waals surface area contributed by atoms with E-state index in [0.29, 0.717) is 66.6 Å². The average Bonchev–Trinajstić information content (AvgIpc) is 3.27. The summed E-state index contributed by atoms with van der Waals surface area (Å²) in [6.45, 7) is 1.38. The number of aromatic amines is 1. The number of carbonyl (C=O) groups excluding carboxylic acids is 1. The van der Waals surface area contributed by atoms with Crippen molar-refractivity contribution in [1.82, 2.24) is 20.2 Å². The van der Waals surface area contributed by atoms with Crippen LogP contribution in [-0.2, 0) is 11.2 Å². The minimum absolute atomic E-state index is 0.0126. The van der Waals surface area contributed by atoms with Crippen molar-refractivity contribution < 1.29 is 32.2 Å². The van der Waals surface area contributed by atoms with Crippen LogP contribution in [-0.4, -0.2) is 79.8 Å². The number of H-pyrrole nitrogens is 1. The van der Waals surface area contributed by atoms with Gasteiger partial charge in [0.1, 0.15) is 18.5 Å². The van der Waals surface area contributed by atoms with Crippen LogP contribution < -0.4 is 20.1 Å². The number of rotatable bonds is 9. The molecule has 2 aliphatic rings. The molecule has 2 aromatic heterocycles. The van der Waals surface area contributed by atoms with Crippen molar-refractivity contribution in [1.29, 1.82) is 0 Å². The molecule has 1 saturated heterocycles. The first-order valence-electron chi connectivity index (χ1n) is 12.3. The highest BCUT2D eigenvalue weighted by atomic mass is 19.3. The molecule has 0 aliphatic carbocycles. The van der Waals surface area contributed by atoms with E-state index in [-0.39, 0.29) is 24.8 Å². The minimum Gasteiger partial charge on any atom is -0.492 e. The summed E-state index contributed by atoms with van der Waals surface area (Å²) < 4.78 is 57.2. The molecule has 1 amide bonds. The number of anilines is 2. The lowest BCUT2D eigenvalue weighted by molar-refractivity contribution is -0.0604. The minimum atomic E-state index is -2.42. The first-order chi connectivity index (χ1) is 18.4. The largest absolute Gasteiger partial charge is 0.492 e. The van der Waals surface area contributed by atoms with E-state index >= 15 is 0 Å². The number of nitrogens with zero attached hydrogens (tertiary/aromatic N) is 2. The average molecular weight is 532 g/mol. The van der Waals surface area contributed by atoms with Crippen molar-refractivity contribution in [2.24, 2.45) is 0 Å². The summed E-state index contributed by atoms with van der Waals surface area (Å²) in [5, 5.41) is 6.04. The number of ether oxygens (including phenoxy) is 3. The third kappa shape index (κ3) is 5.41. The number of hydrogen-bond acceptors (Lipinski definition) is 7. The number of para-hydroxylation sites is 1. The second-order valence-electron chi connectivity index (χ2n) is 9.01. The van der Waals surface area contributed by atoms with Crippen LogP contribution in [0.4, 0.5) is 24.5 Å². The molecular weight excluding hydrogens is 503 g/mol. The Morgan fingerprint density at radius 2 is 2.18 bits per heavy atom. The topological polar surface area (TPSA) is 101 Å². The van der Waals surface area contributed by atoms with Crippen LogP contribution >= 0.6 is 0 Å². The highest BCUT2D eigenvalue weighted by Gasteiger charge is 2.29. The molecule has 0 spiro atoms. The standard InChI is InChI=1S/C26H28F3N5O4/c1-36-25-17(27)3-2-4-19(25)33-24-22-18(6-8-31-26(22)35)32-23(24)16-5-7-30-11-20(16)38-14-15-12-34(9-10-37-15)13-21(28)29/h2-5,7,11,15,21,32-33H,6,8-10,12-14H2,1H3,(H,31,35).